The standard InChI is InChI=1S/C16H32O10.C2H6O/c17-1-2-19-3-4-20-5-6-21-7-8-23-14-16-25-12-10-22-9-11-24-15(13-18)26-16;1-2-3/h15-18H,1-14H2;3H,2H2,1H3. The van der Waals surface area contributed by atoms with Crippen molar-refractivity contribution in [3.05, 3.63) is 0 Å². The van der Waals surface area contributed by atoms with Gasteiger partial charge < -0.3 is 53.2 Å². The molecule has 0 bridgehead atoms. The van der Waals surface area contributed by atoms with Gasteiger partial charge >= 0.3 is 0 Å². The Hall–Kier alpha value is -0.440. The fourth-order valence-corrected chi connectivity index (χ4v) is 1.91. The van der Waals surface area contributed by atoms with Gasteiger partial charge in [0.15, 0.2) is 12.6 Å². The van der Waals surface area contributed by atoms with E-state index < -0.39 is 12.6 Å². The molecule has 1 fully saturated rings. The third kappa shape index (κ3) is 20.6. The zero-order chi connectivity index (χ0) is 21.4. The predicted octanol–water partition coefficient (Wildman–Crippen LogP) is -1.23. The summed E-state index contributed by atoms with van der Waals surface area (Å²) in [5, 5.41) is 25.3. The Morgan fingerprint density at radius 2 is 1.17 bits per heavy atom. The summed E-state index contributed by atoms with van der Waals surface area (Å²) in [6, 6.07) is 0. The molecule has 0 radical (unpaired) electrons. The van der Waals surface area contributed by atoms with E-state index in [0.29, 0.717) is 72.7 Å². The summed E-state index contributed by atoms with van der Waals surface area (Å²) in [5.41, 5.74) is 0. The molecule has 3 N–H and O–H groups in total. The Morgan fingerprint density at radius 1 is 0.690 bits per heavy atom. The van der Waals surface area contributed by atoms with E-state index in [9.17, 15) is 5.11 Å². The second kappa shape index (κ2) is 23.8. The van der Waals surface area contributed by atoms with Crippen molar-refractivity contribution in [3.8, 4) is 0 Å². The van der Waals surface area contributed by atoms with E-state index in [0.717, 1.165) is 0 Å². The first-order valence-electron chi connectivity index (χ1n) is 9.88. The first kappa shape index (κ1) is 28.6. The van der Waals surface area contributed by atoms with E-state index in [1.807, 2.05) is 0 Å². The fourth-order valence-electron chi connectivity index (χ4n) is 1.91. The van der Waals surface area contributed by atoms with Crippen molar-refractivity contribution in [2.24, 2.45) is 0 Å². The number of rotatable bonds is 14. The first-order valence-corrected chi connectivity index (χ1v) is 9.88. The quantitative estimate of drug-likeness (QED) is 0.286. The first-order chi connectivity index (χ1) is 14.3. The van der Waals surface area contributed by atoms with Gasteiger partial charge in [-0.25, -0.2) is 0 Å². The average molecular weight is 430 g/mol. The van der Waals surface area contributed by atoms with Crippen LogP contribution < -0.4 is 0 Å². The van der Waals surface area contributed by atoms with Crippen LogP contribution in [0.15, 0.2) is 0 Å². The van der Waals surface area contributed by atoms with Crippen LogP contribution >= 0.6 is 0 Å². The molecule has 11 nitrogen and oxygen atoms in total. The zero-order valence-corrected chi connectivity index (χ0v) is 17.4. The van der Waals surface area contributed by atoms with Crippen LogP contribution in [0.4, 0.5) is 0 Å². The summed E-state index contributed by atoms with van der Waals surface area (Å²) < 4.78 is 42.8. The summed E-state index contributed by atoms with van der Waals surface area (Å²) in [6.45, 7) is 6.44. The lowest BCUT2D eigenvalue weighted by atomic mass is 10.6. The van der Waals surface area contributed by atoms with Crippen LogP contribution in [0.25, 0.3) is 0 Å². The molecule has 11 heteroatoms. The van der Waals surface area contributed by atoms with Crippen molar-refractivity contribution in [3.63, 3.8) is 0 Å². The molecule has 0 amide bonds. The molecule has 2 atom stereocenters. The van der Waals surface area contributed by atoms with Crippen molar-refractivity contribution in [1.29, 1.82) is 0 Å². The molecule has 1 heterocycles. The Kier molecular flexibility index (Phi) is 23.5. The van der Waals surface area contributed by atoms with Crippen molar-refractivity contribution in [2.75, 3.05) is 99.1 Å². The van der Waals surface area contributed by atoms with Gasteiger partial charge in [-0.1, -0.05) is 0 Å². The molecule has 1 saturated heterocycles. The molecule has 0 aromatic carbocycles. The highest BCUT2D eigenvalue weighted by atomic mass is 16.8. The molecule has 0 aliphatic carbocycles. The summed E-state index contributed by atoms with van der Waals surface area (Å²) in [6.07, 6.45) is -1.41. The van der Waals surface area contributed by atoms with Crippen LogP contribution in [-0.4, -0.2) is 127 Å². The van der Waals surface area contributed by atoms with E-state index in [1.54, 1.807) is 6.92 Å². The number of aliphatic hydroxyl groups is 3. The molecule has 29 heavy (non-hydrogen) atoms. The lowest BCUT2D eigenvalue weighted by Crippen LogP contribution is -2.35. The predicted molar refractivity (Wildman–Crippen MR) is 102 cm³/mol. The van der Waals surface area contributed by atoms with Gasteiger partial charge in [0.25, 0.3) is 0 Å². The van der Waals surface area contributed by atoms with Crippen LogP contribution in [0.2, 0.25) is 0 Å². The van der Waals surface area contributed by atoms with E-state index in [4.69, 9.17) is 48.1 Å². The second-order valence-corrected chi connectivity index (χ2v) is 5.48. The molecule has 0 saturated carbocycles. The van der Waals surface area contributed by atoms with E-state index >= 15 is 0 Å². The maximum Gasteiger partial charge on any atom is 0.184 e. The van der Waals surface area contributed by atoms with Crippen LogP contribution in [-0.2, 0) is 37.9 Å². The number of hydrogen-bond acceptors (Lipinski definition) is 11. The van der Waals surface area contributed by atoms with Crippen molar-refractivity contribution >= 4 is 0 Å². The van der Waals surface area contributed by atoms with Crippen LogP contribution in [0.1, 0.15) is 6.92 Å². The zero-order valence-electron chi connectivity index (χ0n) is 17.4. The minimum Gasteiger partial charge on any atom is -0.397 e. The van der Waals surface area contributed by atoms with Gasteiger partial charge in [0, 0.05) is 6.61 Å². The molecule has 0 spiro atoms. The van der Waals surface area contributed by atoms with Gasteiger partial charge in [0.05, 0.1) is 92.5 Å². The van der Waals surface area contributed by atoms with E-state index in [-0.39, 0.29) is 26.4 Å². The summed E-state index contributed by atoms with van der Waals surface area (Å²) >= 11 is 0. The SMILES string of the molecule is CCO.OCCOCCOCCOCCOCC1OCCOCCOC(CO)O1. The molecular weight excluding hydrogens is 392 g/mol. The van der Waals surface area contributed by atoms with E-state index in [1.165, 1.54) is 0 Å². The summed E-state index contributed by atoms with van der Waals surface area (Å²) in [4.78, 5) is 0. The van der Waals surface area contributed by atoms with Crippen molar-refractivity contribution < 1.29 is 53.2 Å². The minimum atomic E-state index is -0.764. The van der Waals surface area contributed by atoms with Gasteiger partial charge in [-0.3, -0.25) is 0 Å². The molecule has 0 aromatic rings. The maximum absolute atomic E-state index is 9.22. The van der Waals surface area contributed by atoms with Crippen LogP contribution in [0.5, 0.6) is 0 Å². The largest absolute Gasteiger partial charge is 0.397 e. The number of hydrogen-bond donors (Lipinski definition) is 3. The normalized spacial score (nSPS) is 20.7. The Morgan fingerprint density at radius 3 is 1.69 bits per heavy atom. The lowest BCUT2D eigenvalue weighted by molar-refractivity contribution is -0.278. The maximum atomic E-state index is 9.22. The van der Waals surface area contributed by atoms with Gasteiger partial charge in [0.2, 0.25) is 0 Å². The second-order valence-electron chi connectivity index (χ2n) is 5.48. The molecule has 1 aliphatic heterocycles. The molecule has 176 valence electrons. The average Bonchev–Trinajstić information content (AvgIpc) is 2.73. The number of ether oxygens (including phenoxy) is 8. The molecule has 2 unspecified atom stereocenters. The Bertz CT molecular complexity index is 310. The molecule has 1 rings (SSSR count). The monoisotopic (exact) mass is 430 g/mol. The van der Waals surface area contributed by atoms with Gasteiger partial charge in [-0.2, -0.15) is 0 Å². The van der Waals surface area contributed by atoms with Crippen molar-refractivity contribution in [2.45, 2.75) is 19.5 Å². The number of aliphatic hydroxyl groups excluding tert-OH is 3. The molecule has 1 aliphatic rings. The Labute approximate surface area is 172 Å². The van der Waals surface area contributed by atoms with Gasteiger partial charge in [-0.15, -0.1) is 0 Å². The topological polar surface area (TPSA) is 135 Å². The minimum absolute atomic E-state index is 0.0154. The smallest absolute Gasteiger partial charge is 0.184 e. The van der Waals surface area contributed by atoms with E-state index in [2.05, 4.69) is 0 Å². The van der Waals surface area contributed by atoms with Gasteiger partial charge in [0.1, 0.15) is 0 Å². The third-order valence-electron chi connectivity index (χ3n) is 3.12. The van der Waals surface area contributed by atoms with Gasteiger partial charge in [-0.05, 0) is 6.92 Å². The highest BCUT2D eigenvalue weighted by molar-refractivity contribution is 4.50. The summed E-state index contributed by atoms with van der Waals surface area (Å²) in [5.74, 6) is 0. The Balaban J connectivity index is 0.00000245. The summed E-state index contributed by atoms with van der Waals surface area (Å²) in [7, 11) is 0. The molecule has 0 aromatic heterocycles. The third-order valence-corrected chi connectivity index (χ3v) is 3.12. The lowest BCUT2D eigenvalue weighted by Gasteiger charge is -2.25. The highest BCUT2D eigenvalue weighted by Crippen LogP contribution is 2.05. The van der Waals surface area contributed by atoms with Crippen LogP contribution in [0.3, 0.4) is 0 Å². The highest BCUT2D eigenvalue weighted by Gasteiger charge is 2.18. The van der Waals surface area contributed by atoms with Crippen LogP contribution in [0, 0.1) is 0 Å². The van der Waals surface area contributed by atoms with Crippen molar-refractivity contribution in [1.82, 2.24) is 0 Å². The molecular formula is C18H38O11. The fraction of sp³-hybridized carbons (Fsp3) is 1.00.